The van der Waals surface area contributed by atoms with Gasteiger partial charge in [-0.25, -0.2) is 0 Å². The van der Waals surface area contributed by atoms with E-state index in [1.807, 2.05) is 19.1 Å². The van der Waals surface area contributed by atoms with E-state index >= 15 is 0 Å². The number of rotatable bonds is 3. The Morgan fingerprint density at radius 2 is 1.23 bits per heavy atom. The van der Waals surface area contributed by atoms with Crippen molar-refractivity contribution >= 4 is 11.9 Å². The molecule has 2 bridgehead atoms. The lowest BCUT2D eigenvalue weighted by Crippen LogP contribution is -2.61. The Morgan fingerprint density at radius 1 is 0.662 bits per heavy atom. The van der Waals surface area contributed by atoms with Crippen LogP contribution in [0.15, 0.2) is 85.1 Å². The molecule has 18 heteroatoms. The Bertz CT molecular complexity index is 1670. The summed E-state index contributed by atoms with van der Waals surface area (Å²) in [6.45, 7) is 6.74. The third-order valence-corrected chi connectivity index (χ3v) is 12.0. The van der Waals surface area contributed by atoms with Crippen LogP contribution in [0, 0.1) is 17.8 Å². The number of carboxylic acids is 1. The summed E-state index contributed by atoms with van der Waals surface area (Å²) in [5.41, 5.74) is 6.02. The van der Waals surface area contributed by atoms with Crippen molar-refractivity contribution in [2.45, 2.75) is 177 Å². The molecule has 0 aliphatic carbocycles. The average Bonchev–Trinajstić information content (AvgIpc) is 3.21. The van der Waals surface area contributed by atoms with Crippen molar-refractivity contribution in [1.29, 1.82) is 0 Å². The largest absolute Gasteiger partial charge is 0.481 e. The summed E-state index contributed by atoms with van der Waals surface area (Å²) in [6, 6.07) is -1.15. The molecular formula is C47H73NO17. The van der Waals surface area contributed by atoms with Gasteiger partial charge >= 0.3 is 11.9 Å². The number of allylic oxidation sites excluding steroid dienone is 12. The number of carbonyl (C=O) groups excluding carboxylic acids is 1. The molecular weight excluding hydrogens is 851 g/mol. The van der Waals surface area contributed by atoms with E-state index < -0.39 is 147 Å². The van der Waals surface area contributed by atoms with Gasteiger partial charge in [-0.15, -0.1) is 0 Å². The fourth-order valence-electron chi connectivity index (χ4n) is 7.97. The minimum atomic E-state index is -2.33. The zero-order valence-corrected chi connectivity index (χ0v) is 37.6. The van der Waals surface area contributed by atoms with Crippen molar-refractivity contribution in [3.63, 3.8) is 0 Å². The van der Waals surface area contributed by atoms with Crippen LogP contribution in [-0.4, -0.2) is 166 Å². The number of carboxylic acid groups (broad SMARTS) is 1. The highest BCUT2D eigenvalue weighted by atomic mass is 16.7. The van der Waals surface area contributed by atoms with Gasteiger partial charge in [-0.1, -0.05) is 98.9 Å². The number of aliphatic carboxylic acids is 1. The van der Waals surface area contributed by atoms with E-state index in [9.17, 15) is 65.8 Å². The van der Waals surface area contributed by atoms with Crippen molar-refractivity contribution in [3.8, 4) is 0 Å². The van der Waals surface area contributed by atoms with Crippen LogP contribution in [0.1, 0.15) is 79.1 Å². The standard InChI is InChI=1S/C47H73NO17/c1-27-17-15-13-11-9-7-5-6-8-10-12-14-16-18-34(64-46-44(58)41(48)43(57)30(4)63-46)24-38-40(45(59)60)37(54)26-47(61,65-38)25-33(51)22-36(53)35(52)20-19-31(49)21-32(50)23-39(55)62-29(3)28(2)42(27)56/h5-18,27-38,40-44,46,49-54,56-58,61H,19-26,48H2,1-4H3,(H,59,60)/b6-5+,9-7+,10-8+,13-11+,14-12+,17-15+,18-16+/t27-,28-,29-,30+,31?,32?,33?,34?,35+,36+,37-,38-,40+,41-,42+,43+,44-,46-,47+/m0/s1. The van der Waals surface area contributed by atoms with Crippen molar-refractivity contribution in [2.75, 3.05) is 0 Å². The van der Waals surface area contributed by atoms with Gasteiger partial charge in [-0.3, -0.25) is 9.59 Å². The molecule has 2 fully saturated rings. The number of carbonyl (C=O) groups is 2. The molecule has 0 aromatic carbocycles. The number of hydrogen-bond acceptors (Lipinski definition) is 17. The summed E-state index contributed by atoms with van der Waals surface area (Å²) in [5.74, 6) is -6.83. The summed E-state index contributed by atoms with van der Waals surface area (Å²) < 4.78 is 23.1. The van der Waals surface area contributed by atoms with Crippen molar-refractivity contribution < 1.29 is 84.7 Å². The maximum atomic E-state index is 12.6. The van der Waals surface area contributed by atoms with Crippen molar-refractivity contribution in [1.82, 2.24) is 0 Å². The van der Waals surface area contributed by atoms with Gasteiger partial charge in [0.05, 0.1) is 79.6 Å². The summed E-state index contributed by atoms with van der Waals surface area (Å²) in [6.07, 6.45) is 3.46. The fourth-order valence-corrected chi connectivity index (χ4v) is 7.97. The SMILES string of the molecule is C[C@@H]1[C@H](O)[C@@H](C)/C=C/C=C/C=C/C=C/C=C/C=C/C=C/C(O[C@@H]2O[C@H](C)[C@@H](O)[C@H](N)[C@@H]2O)C[C@@H]2O[C@](O)(CC(O)C[C@@H](O)[C@H](O)CCC(O)CC(O)CC(=O)O[C@H]1C)C[C@H](O)[C@H]2C(=O)O. The molecule has 2 saturated heterocycles. The van der Waals surface area contributed by atoms with E-state index in [0.717, 1.165) is 0 Å². The molecule has 0 aromatic rings. The second-order valence-corrected chi connectivity index (χ2v) is 17.6. The summed E-state index contributed by atoms with van der Waals surface area (Å²) >= 11 is 0. The second kappa shape index (κ2) is 27.4. The molecule has 0 aromatic heterocycles. The molecule has 0 saturated carbocycles. The number of cyclic esters (lactones) is 1. The van der Waals surface area contributed by atoms with E-state index in [-0.39, 0.29) is 31.6 Å². The first-order valence-corrected chi connectivity index (χ1v) is 22.3. The molecule has 3 aliphatic rings. The number of ether oxygens (including phenoxy) is 4. The van der Waals surface area contributed by atoms with Crippen LogP contribution in [0.5, 0.6) is 0 Å². The molecule has 3 aliphatic heterocycles. The highest BCUT2D eigenvalue weighted by Gasteiger charge is 2.51. The van der Waals surface area contributed by atoms with E-state index in [0.29, 0.717) is 0 Å². The molecule has 0 radical (unpaired) electrons. The molecule has 19 atom stereocenters. The number of fused-ring (bicyclic) bond motifs is 2. The van der Waals surface area contributed by atoms with Crippen LogP contribution in [0.4, 0.5) is 0 Å². The Kier molecular flexibility index (Phi) is 23.6. The van der Waals surface area contributed by atoms with Gasteiger partial charge in [-0.05, 0) is 33.1 Å². The lowest BCUT2D eigenvalue weighted by molar-refractivity contribution is -0.308. The zero-order chi connectivity index (χ0) is 48.4. The minimum Gasteiger partial charge on any atom is -0.481 e. The first-order valence-electron chi connectivity index (χ1n) is 22.3. The average molecular weight is 924 g/mol. The van der Waals surface area contributed by atoms with Gasteiger partial charge in [0, 0.05) is 37.5 Å². The molecule has 0 amide bonds. The molecule has 13 N–H and O–H groups in total. The first kappa shape index (κ1) is 55.9. The molecule has 3 rings (SSSR count). The second-order valence-electron chi connectivity index (χ2n) is 17.6. The predicted molar refractivity (Wildman–Crippen MR) is 237 cm³/mol. The van der Waals surface area contributed by atoms with Crippen LogP contribution < -0.4 is 5.73 Å². The summed E-state index contributed by atoms with van der Waals surface area (Å²) in [7, 11) is 0. The van der Waals surface area contributed by atoms with Crippen LogP contribution in [0.3, 0.4) is 0 Å². The molecule has 65 heavy (non-hydrogen) atoms. The van der Waals surface area contributed by atoms with Crippen LogP contribution >= 0.6 is 0 Å². The van der Waals surface area contributed by atoms with E-state index in [4.69, 9.17) is 24.7 Å². The third kappa shape index (κ3) is 18.6. The minimum absolute atomic E-state index is 0.107. The smallest absolute Gasteiger partial charge is 0.311 e. The lowest BCUT2D eigenvalue weighted by atomic mass is 9.82. The first-order chi connectivity index (χ1) is 30.6. The van der Waals surface area contributed by atoms with E-state index in [2.05, 4.69) is 0 Å². The van der Waals surface area contributed by atoms with Crippen LogP contribution in [0.25, 0.3) is 0 Å². The van der Waals surface area contributed by atoms with Crippen molar-refractivity contribution in [2.24, 2.45) is 23.5 Å². The Balaban J connectivity index is 1.86. The zero-order valence-electron chi connectivity index (χ0n) is 37.6. The highest BCUT2D eigenvalue weighted by molar-refractivity contribution is 5.71. The maximum absolute atomic E-state index is 12.6. The van der Waals surface area contributed by atoms with Gasteiger partial charge in [0.15, 0.2) is 12.1 Å². The predicted octanol–water partition coefficient (Wildman–Crippen LogP) is 0.712. The topological polar surface area (TPSA) is 320 Å². The molecule has 4 unspecified atom stereocenters. The molecule has 0 spiro atoms. The van der Waals surface area contributed by atoms with Gasteiger partial charge in [-0.2, -0.15) is 0 Å². The van der Waals surface area contributed by atoms with E-state index in [1.54, 1.807) is 80.7 Å². The Morgan fingerprint density at radius 3 is 1.82 bits per heavy atom. The van der Waals surface area contributed by atoms with E-state index in [1.165, 1.54) is 13.0 Å². The number of nitrogens with two attached hydrogens (primary N) is 1. The molecule has 18 nitrogen and oxygen atoms in total. The highest BCUT2D eigenvalue weighted by Crippen LogP contribution is 2.38. The third-order valence-electron chi connectivity index (χ3n) is 12.0. The Labute approximate surface area is 381 Å². The van der Waals surface area contributed by atoms with Crippen LogP contribution in [-0.2, 0) is 28.5 Å². The normalized spacial score (nSPS) is 45.5. The van der Waals surface area contributed by atoms with Gasteiger partial charge < -0.3 is 80.9 Å². The Hall–Kier alpha value is -3.44. The molecule has 368 valence electrons. The summed E-state index contributed by atoms with van der Waals surface area (Å²) in [4.78, 5) is 25.1. The lowest BCUT2D eigenvalue weighted by Gasteiger charge is -2.45. The number of esters is 1. The quantitative estimate of drug-likeness (QED) is 0.174. The summed E-state index contributed by atoms with van der Waals surface area (Å²) in [5, 5.41) is 118. The number of aliphatic hydroxyl groups is 10. The van der Waals surface area contributed by atoms with Crippen molar-refractivity contribution in [3.05, 3.63) is 85.1 Å². The van der Waals surface area contributed by atoms with Gasteiger partial charge in [0.2, 0.25) is 0 Å². The van der Waals surface area contributed by atoms with Crippen LogP contribution in [0.2, 0.25) is 0 Å². The van der Waals surface area contributed by atoms with Gasteiger partial charge in [0.25, 0.3) is 0 Å². The fraction of sp³-hybridized carbons (Fsp3) is 0.660. The maximum Gasteiger partial charge on any atom is 0.311 e. The molecule has 3 heterocycles. The number of aliphatic hydroxyl groups excluding tert-OH is 9. The monoisotopic (exact) mass is 923 g/mol. The number of hydrogen-bond donors (Lipinski definition) is 12. The van der Waals surface area contributed by atoms with Gasteiger partial charge in [0.1, 0.15) is 18.1 Å².